The zero-order valence-electron chi connectivity index (χ0n) is 17.5. The summed E-state index contributed by atoms with van der Waals surface area (Å²) in [7, 11) is 1.61. The van der Waals surface area contributed by atoms with Crippen LogP contribution in [0.25, 0.3) is 22.6 Å². The van der Waals surface area contributed by atoms with Crippen LogP contribution in [0.1, 0.15) is 5.56 Å². The van der Waals surface area contributed by atoms with E-state index in [4.69, 9.17) is 20.8 Å². The van der Waals surface area contributed by atoms with Gasteiger partial charge in [0.1, 0.15) is 5.75 Å². The lowest BCUT2D eigenvalue weighted by Gasteiger charge is -2.10. The van der Waals surface area contributed by atoms with Crippen molar-refractivity contribution in [2.45, 2.75) is 12.1 Å². The zero-order valence-corrected chi connectivity index (χ0v) is 19.0. The van der Waals surface area contributed by atoms with Crippen LogP contribution in [0, 0.1) is 6.92 Å². The van der Waals surface area contributed by atoms with Crippen LogP contribution in [-0.4, -0.2) is 29.0 Å². The van der Waals surface area contributed by atoms with Crippen LogP contribution in [-0.2, 0) is 4.79 Å². The number of benzene rings is 3. The molecule has 0 spiro atoms. The van der Waals surface area contributed by atoms with Gasteiger partial charge in [0.25, 0.3) is 5.22 Å². The number of thioether (sulfide) groups is 1. The molecular weight excluding hydrogens is 446 g/mol. The Morgan fingerprint density at radius 3 is 2.50 bits per heavy atom. The highest BCUT2D eigenvalue weighted by Gasteiger charge is 2.12. The molecular formula is C24H20ClN3O3S. The largest absolute Gasteiger partial charge is 0.497 e. The first kappa shape index (κ1) is 21.9. The van der Waals surface area contributed by atoms with Gasteiger partial charge in [0, 0.05) is 16.3 Å². The van der Waals surface area contributed by atoms with Crippen molar-refractivity contribution >= 4 is 35.0 Å². The highest BCUT2D eigenvalue weighted by atomic mass is 35.5. The first-order valence-electron chi connectivity index (χ1n) is 9.79. The molecule has 6 nitrogen and oxygen atoms in total. The molecule has 3 aromatic carbocycles. The standard InChI is InChI=1S/C24H20ClN3O3S/c1-15-12-18(17-4-3-5-19(25)13-17)8-11-21(15)26-22(29)14-32-24-28-27-23(31-24)16-6-9-20(30-2)10-7-16/h3-13H,14H2,1-2H3,(H,26,29). The van der Waals surface area contributed by atoms with Gasteiger partial charge in [-0.05, 0) is 72.1 Å². The first-order valence-corrected chi connectivity index (χ1v) is 11.2. The minimum atomic E-state index is -0.155. The summed E-state index contributed by atoms with van der Waals surface area (Å²) in [4.78, 5) is 12.4. The van der Waals surface area contributed by atoms with Gasteiger partial charge in [0.15, 0.2) is 0 Å². The smallest absolute Gasteiger partial charge is 0.277 e. The van der Waals surface area contributed by atoms with Crippen molar-refractivity contribution in [3.63, 3.8) is 0 Å². The number of rotatable bonds is 7. The number of carbonyl (C=O) groups excluding carboxylic acids is 1. The maximum atomic E-state index is 12.4. The molecule has 1 N–H and O–H groups in total. The van der Waals surface area contributed by atoms with Crippen molar-refractivity contribution in [2.24, 2.45) is 0 Å². The first-order chi connectivity index (χ1) is 15.5. The van der Waals surface area contributed by atoms with E-state index in [-0.39, 0.29) is 11.7 Å². The predicted molar refractivity (Wildman–Crippen MR) is 127 cm³/mol. The Kier molecular flexibility index (Phi) is 6.78. The van der Waals surface area contributed by atoms with E-state index in [1.807, 2.05) is 73.7 Å². The molecule has 162 valence electrons. The van der Waals surface area contributed by atoms with Crippen LogP contribution in [0.4, 0.5) is 5.69 Å². The van der Waals surface area contributed by atoms with Crippen molar-refractivity contribution in [3.8, 4) is 28.3 Å². The molecule has 0 radical (unpaired) electrons. The molecule has 0 fully saturated rings. The summed E-state index contributed by atoms with van der Waals surface area (Å²) in [5.41, 5.74) is 4.56. The second-order valence-electron chi connectivity index (χ2n) is 6.98. The summed E-state index contributed by atoms with van der Waals surface area (Å²) in [6.45, 7) is 1.95. The van der Waals surface area contributed by atoms with Gasteiger partial charge in [0.05, 0.1) is 12.9 Å². The number of halogens is 1. The highest BCUT2D eigenvalue weighted by molar-refractivity contribution is 7.99. The van der Waals surface area contributed by atoms with Gasteiger partial charge in [-0.3, -0.25) is 4.79 Å². The quantitative estimate of drug-likeness (QED) is 0.332. The Labute approximate surface area is 195 Å². The number of amides is 1. The van der Waals surface area contributed by atoms with E-state index in [2.05, 4.69) is 15.5 Å². The number of nitrogens with one attached hydrogen (secondary N) is 1. The predicted octanol–water partition coefficient (Wildman–Crippen LogP) is 6.10. The third-order valence-corrected chi connectivity index (χ3v) is 5.78. The SMILES string of the molecule is COc1ccc(-c2nnc(SCC(=O)Nc3ccc(-c4cccc(Cl)c4)cc3C)o2)cc1. The third-order valence-electron chi connectivity index (χ3n) is 4.73. The summed E-state index contributed by atoms with van der Waals surface area (Å²) in [5, 5.41) is 12.0. The Balaban J connectivity index is 1.35. The fourth-order valence-electron chi connectivity index (χ4n) is 3.08. The fraction of sp³-hybridized carbons (Fsp3) is 0.125. The minimum absolute atomic E-state index is 0.153. The van der Waals surface area contributed by atoms with E-state index in [0.29, 0.717) is 16.1 Å². The molecule has 0 bridgehead atoms. The Hall–Kier alpha value is -3.29. The van der Waals surface area contributed by atoms with Crippen LogP contribution >= 0.6 is 23.4 Å². The Morgan fingerprint density at radius 1 is 1.03 bits per heavy atom. The number of anilines is 1. The third kappa shape index (κ3) is 5.30. The van der Waals surface area contributed by atoms with Crippen molar-refractivity contribution in [2.75, 3.05) is 18.2 Å². The average Bonchev–Trinajstić information content (AvgIpc) is 3.28. The van der Waals surface area contributed by atoms with Gasteiger partial charge in [-0.1, -0.05) is 41.6 Å². The topological polar surface area (TPSA) is 77.2 Å². The van der Waals surface area contributed by atoms with Crippen LogP contribution in [0.5, 0.6) is 5.75 Å². The van der Waals surface area contributed by atoms with Crippen molar-refractivity contribution in [1.29, 1.82) is 0 Å². The molecule has 0 aliphatic carbocycles. The molecule has 0 saturated carbocycles. The van der Waals surface area contributed by atoms with Crippen LogP contribution in [0.3, 0.4) is 0 Å². The molecule has 0 atom stereocenters. The highest BCUT2D eigenvalue weighted by Crippen LogP contribution is 2.28. The summed E-state index contributed by atoms with van der Waals surface area (Å²) < 4.78 is 10.8. The van der Waals surface area contributed by atoms with Crippen LogP contribution in [0.2, 0.25) is 5.02 Å². The van der Waals surface area contributed by atoms with Crippen molar-refractivity contribution in [1.82, 2.24) is 10.2 Å². The number of methoxy groups -OCH3 is 1. The molecule has 1 heterocycles. The fourth-order valence-corrected chi connectivity index (χ4v) is 3.84. The molecule has 1 amide bonds. The average molecular weight is 466 g/mol. The normalized spacial score (nSPS) is 10.7. The number of nitrogens with zero attached hydrogens (tertiary/aromatic N) is 2. The molecule has 32 heavy (non-hydrogen) atoms. The van der Waals surface area contributed by atoms with Gasteiger partial charge in [-0.2, -0.15) is 0 Å². The van der Waals surface area contributed by atoms with Crippen molar-refractivity contribution in [3.05, 3.63) is 77.3 Å². The molecule has 4 aromatic rings. The summed E-state index contributed by atoms with van der Waals surface area (Å²) in [5.74, 6) is 1.14. The van der Waals surface area contributed by atoms with Gasteiger partial charge < -0.3 is 14.5 Å². The summed E-state index contributed by atoms with van der Waals surface area (Å²) >= 11 is 7.27. The second kappa shape index (κ2) is 9.89. The molecule has 0 saturated heterocycles. The van der Waals surface area contributed by atoms with Gasteiger partial charge in [-0.15, -0.1) is 10.2 Å². The molecule has 0 unspecified atom stereocenters. The molecule has 4 rings (SSSR count). The van der Waals surface area contributed by atoms with Gasteiger partial charge in [0.2, 0.25) is 11.8 Å². The lowest BCUT2D eigenvalue weighted by molar-refractivity contribution is -0.113. The van der Waals surface area contributed by atoms with Gasteiger partial charge >= 0.3 is 0 Å². The van der Waals surface area contributed by atoms with E-state index in [0.717, 1.165) is 33.7 Å². The number of ether oxygens (including phenoxy) is 1. The number of carbonyl (C=O) groups is 1. The van der Waals surface area contributed by atoms with E-state index in [9.17, 15) is 4.79 Å². The van der Waals surface area contributed by atoms with E-state index in [1.54, 1.807) is 7.11 Å². The molecule has 0 aliphatic heterocycles. The number of aromatic nitrogens is 2. The number of hydrogen-bond donors (Lipinski definition) is 1. The van der Waals surface area contributed by atoms with E-state index < -0.39 is 0 Å². The maximum absolute atomic E-state index is 12.4. The molecule has 0 aliphatic rings. The lowest BCUT2D eigenvalue weighted by atomic mass is 10.0. The monoisotopic (exact) mass is 465 g/mol. The minimum Gasteiger partial charge on any atom is -0.497 e. The molecule has 8 heteroatoms. The second-order valence-corrected chi connectivity index (χ2v) is 8.34. The Bertz CT molecular complexity index is 1240. The molecule has 1 aromatic heterocycles. The summed E-state index contributed by atoms with van der Waals surface area (Å²) in [6.07, 6.45) is 0. The summed E-state index contributed by atoms with van der Waals surface area (Å²) in [6, 6.07) is 20.9. The van der Waals surface area contributed by atoms with Crippen LogP contribution < -0.4 is 10.1 Å². The zero-order chi connectivity index (χ0) is 22.5. The van der Waals surface area contributed by atoms with Crippen molar-refractivity contribution < 1.29 is 13.9 Å². The maximum Gasteiger partial charge on any atom is 0.277 e. The lowest BCUT2D eigenvalue weighted by Crippen LogP contribution is -2.14. The van der Waals surface area contributed by atoms with Crippen LogP contribution in [0.15, 0.2) is 76.4 Å². The van der Waals surface area contributed by atoms with E-state index in [1.165, 1.54) is 11.8 Å². The van der Waals surface area contributed by atoms with E-state index >= 15 is 0 Å². The number of aryl methyl sites for hydroxylation is 1. The van der Waals surface area contributed by atoms with Gasteiger partial charge in [-0.25, -0.2) is 0 Å². The Morgan fingerprint density at radius 2 is 1.78 bits per heavy atom. The number of hydrogen-bond acceptors (Lipinski definition) is 6.